The van der Waals surface area contributed by atoms with Crippen molar-refractivity contribution in [1.82, 2.24) is 4.90 Å². The molecule has 2 aliphatic carbocycles. The number of para-hydroxylation sites is 1. The summed E-state index contributed by atoms with van der Waals surface area (Å²) in [5.41, 5.74) is 3.03. The van der Waals surface area contributed by atoms with Gasteiger partial charge in [0.15, 0.2) is 0 Å². The molecule has 2 aromatic rings. The molecule has 0 saturated heterocycles. The first-order valence-electron chi connectivity index (χ1n) is 12.1. The van der Waals surface area contributed by atoms with Crippen molar-refractivity contribution in [3.05, 3.63) is 59.7 Å². The lowest BCUT2D eigenvalue weighted by Crippen LogP contribution is -2.33. The van der Waals surface area contributed by atoms with Gasteiger partial charge in [0.05, 0.1) is 13.1 Å². The van der Waals surface area contributed by atoms with Crippen molar-refractivity contribution < 1.29 is 14.3 Å². The first-order valence-corrected chi connectivity index (χ1v) is 12.1. The van der Waals surface area contributed by atoms with E-state index in [0.29, 0.717) is 38.6 Å². The highest BCUT2D eigenvalue weighted by atomic mass is 16.5. The molecule has 0 bridgehead atoms. The molecule has 2 amide bonds. The minimum Gasteiger partial charge on any atom is -0.491 e. The number of benzene rings is 2. The maximum atomic E-state index is 13.0. The van der Waals surface area contributed by atoms with E-state index in [1.807, 2.05) is 52.3 Å². The molecule has 168 valence electrons. The van der Waals surface area contributed by atoms with Gasteiger partial charge in [-0.05, 0) is 61.4 Å². The Labute approximate surface area is 190 Å². The van der Waals surface area contributed by atoms with Crippen LogP contribution in [0.25, 0.3) is 0 Å². The van der Waals surface area contributed by atoms with Gasteiger partial charge in [0, 0.05) is 30.1 Å². The highest BCUT2D eigenvalue weighted by Gasteiger charge is 2.34. The van der Waals surface area contributed by atoms with Crippen molar-refractivity contribution in [2.75, 3.05) is 18.1 Å². The number of carbonyl (C=O) groups excluding carboxylic acids is 2. The maximum absolute atomic E-state index is 13.0. The largest absolute Gasteiger partial charge is 0.491 e. The zero-order chi connectivity index (χ0) is 21.9. The summed E-state index contributed by atoms with van der Waals surface area (Å²) in [6.45, 7) is 2.27. The van der Waals surface area contributed by atoms with Gasteiger partial charge in [-0.15, -0.1) is 0 Å². The van der Waals surface area contributed by atoms with Crippen molar-refractivity contribution in [2.45, 2.75) is 58.0 Å². The predicted molar refractivity (Wildman–Crippen MR) is 124 cm³/mol. The Hall–Kier alpha value is -2.82. The standard InChI is InChI=1S/C27H32N2O3/c30-26(17-20-6-4-5-7-20)28-14-15-32-25-13-10-21(16-23(25)19-28)18-29(27(31)22-11-12-22)24-8-2-1-3-9-24/h1-3,8-10,13,16,20,22H,4-7,11-12,14-15,17-19H2. The van der Waals surface area contributed by atoms with E-state index in [2.05, 4.69) is 6.07 Å². The summed E-state index contributed by atoms with van der Waals surface area (Å²) in [6, 6.07) is 16.1. The van der Waals surface area contributed by atoms with Crippen LogP contribution in [0.5, 0.6) is 5.75 Å². The van der Waals surface area contributed by atoms with Gasteiger partial charge in [0.1, 0.15) is 12.4 Å². The lowest BCUT2D eigenvalue weighted by atomic mass is 10.0. The molecule has 3 aliphatic rings. The van der Waals surface area contributed by atoms with Crippen LogP contribution in [-0.2, 0) is 22.7 Å². The van der Waals surface area contributed by atoms with E-state index in [-0.39, 0.29) is 17.7 Å². The molecule has 0 atom stereocenters. The Morgan fingerprint density at radius 1 is 1.00 bits per heavy atom. The maximum Gasteiger partial charge on any atom is 0.230 e. The Kier molecular flexibility index (Phi) is 6.15. The highest BCUT2D eigenvalue weighted by Crippen LogP contribution is 2.34. The van der Waals surface area contributed by atoms with Gasteiger partial charge < -0.3 is 14.5 Å². The third-order valence-corrected chi connectivity index (χ3v) is 7.00. The van der Waals surface area contributed by atoms with Gasteiger partial charge in [-0.25, -0.2) is 0 Å². The van der Waals surface area contributed by atoms with Gasteiger partial charge in [-0.1, -0.05) is 37.1 Å². The molecule has 2 saturated carbocycles. The summed E-state index contributed by atoms with van der Waals surface area (Å²) in [5.74, 6) is 2.00. The number of ether oxygens (including phenoxy) is 1. The van der Waals surface area contributed by atoms with E-state index < -0.39 is 0 Å². The number of anilines is 1. The zero-order valence-corrected chi connectivity index (χ0v) is 18.7. The fourth-order valence-electron chi connectivity index (χ4n) is 4.99. The molecule has 0 radical (unpaired) electrons. The minimum absolute atomic E-state index is 0.156. The van der Waals surface area contributed by atoms with Crippen LogP contribution in [0.2, 0.25) is 0 Å². The van der Waals surface area contributed by atoms with Crippen molar-refractivity contribution in [2.24, 2.45) is 11.8 Å². The van der Waals surface area contributed by atoms with Crippen LogP contribution in [0.3, 0.4) is 0 Å². The second-order valence-corrected chi connectivity index (χ2v) is 9.49. The average Bonchev–Trinajstić information content (AvgIpc) is 3.58. The molecule has 0 aromatic heterocycles. The van der Waals surface area contributed by atoms with Crippen LogP contribution >= 0.6 is 0 Å². The van der Waals surface area contributed by atoms with Crippen molar-refractivity contribution >= 4 is 17.5 Å². The molecule has 2 aromatic carbocycles. The number of fused-ring (bicyclic) bond motifs is 1. The van der Waals surface area contributed by atoms with E-state index in [4.69, 9.17) is 4.74 Å². The summed E-state index contributed by atoms with van der Waals surface area (Å²) < 4.78 is 5.96. The lowest BCUT2D eigenvalue weighted by molar-refractivity contribution is -0.133. The summed E-state index contributed by atoms with van der Waals surface area (Å²) in [5, 5.41) is 0. The Bertz CT molecular complexity index is 964. The molecule has 32 heavy (non-hydrogen) atoms. The third kappa shape index (κ3) is 4.82. The molecule has 1 heterocycles. The van der Waals surface area contributed by atoms with Gasteiger partial charge in [0.2, 0.25) is 11.8 Å². The van der Waals surface area contributed by atoms with Crippen molar-refractivity contribution in [3.8, 4) is 5.75 Å². The van der Waals surface area contributed by atoms with Crippen LogP contribution in [0, 0.1) is 11.8 Å². The second kappa shape index (κ2) is 9.35. The van der Waals surface area contributed by atoms with E-state index in [1.165, 1.54) is 25.7 Å². The first kappa shape index (κ1) is 21.0. The summed E-state index contributed by atoms with van der Waals surface area (Å²) in [4.78, 5) is 29.8. The molecule has 0 unspecified atom stereocenters. The number of nitrogens with zero attached hydrogens (tertiary/aromatic N) is 2. The number of rotatable bonds is 6. The summed E-state index contributed by atoms with van der Waals surface area (Å²) in [6.07, 6.45) is 7.50. The fraction of sp³-hybridized carbons (Fsp3) is 0.481. The first-order chi connectivity index (χ1) is 15.7. The molecule has 5 nitrogen and oxygen atoms in total. The molecular weight excluding hydrogens is 400 g/mol. The predicted octanol–water partition coefficient (Wildman–Crippen LogP) is 4.93. The quantitative estimate of drug-likeness (QED) is 0.650. The smallest absolute Gasteiger partial charge is 0.230 e. The van der Waals surface area contributed by atoms with Crippen molar-refractivity contribution in [1.29, 1.82) is 0 Å². The minimum atomic E-state index is 0.156. The van der Waals surface area contributed by atoms with Gasteiger partial charge in [-0.3, -0.25) is 9.59 Å². The van der Waals surface area contributed by atoms with E-state index in [1.54, 1.807) is 0 Å². The Morgan fingerprint density at radius 2 is 1.78 bits per heavy atom. The normalized spacial score (nSPS) is 18.6. The summed E-state index contributed by atoms with van der Waals surface area (Å²) >= 11 is 0. The fourth-order valence-corrected chi connectivity index (χ4v) is 4.99. The average molecular weight is 433 g/mol. The number of hydrogen-bond acceptors (Lipinski definition) is 3. The number of carbonyl (C=O) groups is 2. The number of hydrogen-bond donors (Lipinski definition) is 0. The van der Waals surface area contributed by atoms with Crippen LogP contribution < -0.4 is 9.64 Å². The molecule has 2 fully saturated rings. The molecule has 5 rings (SSSR count). The van der Waals surface area contributed by atoms with E-state index in [9.17, 15) is 9.59 Å². The monoisotopic (exact) mass is 432 g/mol. The van der Waals surface area contributed by atoms with E-state index >= 15 is 0 Å². The van der Waals surface area contributed by atoms with Crippen LogP contribution in [0.15, 0.2) is 48.5 Å². The van der Waals surface area contributed by atoms with Crippen LogP contribution in [-0.4, -0.2) is 29.9 Å². The highest BCUT2D eigenvalue weighted by molar-refractivity contribution is 5.96. The second-order valence-electron chi connectivity index (χ2n) is 9.49. The molecule has 1 aliphatic heterocycles. The molecule has 5 heteroatoms. The SMILES string of the molecule is O=C(CC1CCCC1)N1CCOc2ccc(CN(C(=O)C3CC3)c3ccccc3)cc2C1. The van der Waals surface area contributed by atoms with E-state index in [0.717, 1.165) is 35.4 Å². The topological polar surface area (TPSA) is 49.9 Å². The summed E-state index contributed by atoms with van der Waals surface area (Å²) in [7, 11) is 0. The zero-order valence-electron chi connectivity index (χ0n) is 18.7. The van der Waals surface area contributed by atoms with Crippen LogP contribution in [0.4, 0.5) is 5.69 Å². The van der Waals surface area contributed by atoms with Crippen molar-refractivity contribution in [3.63, 3.8) is 0 Å². The molecule has 0 spiro atoms. The van der Waals surface area contributed by atoms with Gasteiger partial charge in [0.25, 0.3) is 0 Å². The molecular formula is C27H32N2O3. The Morgan fingerprint density at radius 3 is 2.53 bits per heavy atom. The molecule has 0 N–H and O–H groups in total. The van der Waals surface area contributed by atoms with Gasteiger partial charge in [-0.2, -0.15) is 0 Å². The van der Waals surface area contributed by atoms with Gasteiger partial charge >= 0.3 is 0 Å². The van der Waals surface area contributed by atoms with Crippen LogP contribution in [0.1, 0.15) is 56.1 Å². The lowest BCUT2D eigenvalue weighted by Gasteiger charge is -2.24. The number of amides is 2. The Balaban J connectivity index is 1.33. The third-order valence-electron chi connectivity index (χ3n) is 7.00.